The lowest BCUT2D eigenvalue weighted by molar-refractivity contribution is -0.394. The van der Waals surface area contributed by atoms with E-state index in [4.69, 9.17) is 4.74 Å². The van der Waals surface area contributed by atoms with Crippen molar-refractivity contribution in [3.63, 3.8) is 0 Å². The molecule has 0 aliphatic rings. The molecular formula is C20H17N5O8S. The Balaban J connectivity index is 2.16. The van der Waals surface area contributed by atoms with E-state index < -0.39 is 33.1 Å². The first-order valence-electron chi connectivity index (χ1n) is 9.68. The first-order valence-corrected chi connectivity index (χ1v) is 10.5. The van der Waals surface area contributed by atoms with Gasteiger partial charge in [0.05, 0.1) is 38.3 Å². The molecule has 0 aliphatic carbocycles. The molecule has 0 saturated heterocycles. The van der Waals surface area contributed by atoms with E-state index in [2.05, 4.69) is 10.3 Å². The standard InChI is InChI=1S/C20H17N5O8S/c1-3-33-18(27)10-23-16-5-4-13(21-11(2)26)8-17(16)34-20(23)22-19(28)12-6-14(24(29)30)9-15(7-12)25(31)32/h4-9H,3,10H2,1-2H3,(H,21,26). The molecule has 0 saturated carbocycles. The molecule has 0 unspecified atom stereocenters. The third-order valence-corrected chi connectivity index (χ3v) is 5.41. The van der Waals surface area contributed by atoms with Gasteiger partial charge in [-0.05, 0) is 25.1 Å². The van der Waals surface area contributed by atoms with Crippen LogP contribution in [-0.2, 0) is 20.9 Å². The Labute approximate surface area is 194 Å². The van der Waals surface area contributed by atoms with Crippen molar-refractivity contribution in [3.8, 4) is 0 Å². The van der Waals surface area contributed by atoms with Crippen LogP contribution < -0.4 is 10.1 Å². The number of carbonyl (C=O) groups excluding carboxylic acids is 3. The first-order chi connectivity index (χ1) is 16.1. The number of hydrogen-bond acceptors (Lipinski definition) is 9. The van der Waals surface area contributed by atoms with Gasteiger partial charge in [-0.25, -0.2) is 0 Å². The number of nitro benzene ring substituents is 2. The maximum absolute atomic E-state index is 12.8. The molecule has 34 heavy (non-hydrogen) atoms. The SMILES string of the molecule is CCOC(=O)Cn1c(=NC(=O)c2cc([N+](=O)[O-])cc([N+](=O)[O-])c2)sc2cc(NC(C)=O)ccc21. The van der Waals surface area contributed by atoms with E-state index in [-0.39, 0.29) is 29.4 Å². The van der Waals surface area contributed by atoms with Gasteiger partial charge in [0.2, 0.25) is 5.91 Å². The molecule has 2 amide bonds. The van der Waals surface area contributed by atoms with Crippen molar-refractivity contribution in [2.45, 2.75) is 20.4 Å². The van der Waals surface area contributed by atoms with E-state index in [1.54, 1.807) is 25.1 Å². The van der Waals surface area contributed by atoms with Crippen LogP contribution in [0, 0.1) is 20.2 Å². The second-order valence-electron chi connectivity index (χ2n) is 6.81. The molecule has 0 radical (unpaired) electrons. The van der Waals surface area contributed by atoms with Gasteiger partial charge in [0.15, 0.2) is 4.80 Å². The number of nitrogens with zero attached hydrogens (tertiary/aromatic N) is 4. The van der Waals surface area contributed by atoms with Crippen molar-refractivity contribution in [1.29, 1.82) is 0 Å². The normalized spacial score (nSPS) is 11.3. The molecule has 3 rings (SSSR count). The molecule has 1 heterocycles. The van der Waals surface area contributed by atoms with Crippen LogP contribution in [0.2, 0.25) is 0 Å². The number of anilines is 1. The summed E-state index contributed by atoms with van der Waals surface area (Å²) in [5.74, 6) is -1.85. The molecule has 3 aromatic rings. The average Bonchev–Trinajstić information content (AvgIpc) is 3.08. The summed E-state index contributed by atoms with van der Waals surface area (Å²) >= 11 is 1.02. The van der Waals surface area contributed by atoms with Gasteiger partial charge in [0.1, 0.15) is 6.54 Å². The van der Waals surface area contributed by atoms with E-state index in [0.717, 1.165) is 29.5 Å². The summed E-state index contributed by atoms with van der Waals surface area (Å²) in [5.41, 5.74) is -0.632. The minimum absolute atomic E-state index is 0.0576. The number of nitro groups is 2. The maximum atomic E-state index is 12.8. The second-order valence-corrected chi connectivity index (χ2v) is 7.82. The number of carbonyl (C=O) groups is 3. The summed E-state index contributed by atoms with van der Waals surface area (Å²) in [7, 11) is 0. The molecular weight excluding hydrogens is 470 g/mol. The number of non-ortho nitro benzene ring substituents is 2. The lowest BCUT2D eigenvalue weighted by Gasteiger charge is -2.06. The largest absolute Gasteiger partial charge is 0.465 e. The molecule has 2 aromatic carbocycles. The van der Waals surface area contributed by atoms with Gasteiger partial charge >= 0.3 is 5.97 Å². The zero-order chi connectivity index (χ0) is 25.0. The van der Waals surface area contributed by atoms with Gasteiger partial charge in [-0.2, -0.15) is 4.99 Å². The van der Waals surface area contributed by atoms with E-state index in [1.807, 2.05) is 0 Å². The summed E-state index contributed by atoms with van der Waals surface area (Å²) in [6, 6.07) is 7.37. The highest BCUT2D eigenvalue weighted by atomic mass is 32.1. The third-order valence-electron chi connectivity index (χ3n) is 4.36. The number of benzene rings is 2. The van der Waals surface area contributed by atoms with Crippen molar-refractivity contribution in [2.24, 2.45) is 4.99 Å². The average molecular weight is 487 g/mol. The molecule has 0 bridgehead atoms. The number of nitrogens with one attached hydrogen (secondary N) is 1. The Morgan fingerprint density at radius 2 is 1.74 bits per heavy atom. The monoisotopic (exact) mass is 487 g/mol. The number of rotatable bonds is 7. The van der Waals surface area contributed by atoms with E-state index in [9.17, 15) is 34.6 Å². The molecule has 0 fully saturated rings. The van der Waals surface area contributed by atoms with Gasteiger partial charge in [-0.15, -0.1) is 0 Å². The number of thiazole rings is 1. The lowest BCUT2D eigenvalue weighted by Crippen LogP contribution is -2.23. The predicted molar refractivity (Wildman–Crippen MR) is 120 cm³/mol. The fourth-order valence-electron chi connectivity index (χ4n) is 3.01. The minimum atomic E-state index is -0.974. The fraction of sp³-hybridized carbons (Fsp3) is 0.200. The number of aromatic nitrogens is 1. The number of fused-ring (bicyclic) bond motifs is 1. The van der Waals surface area contributed by atoms with Crippen LogP contribution in [0.1, 0.15) is 24.2 Å². The van der Waals surface area contributed by atoms with Gasteiger partial charge in [0, 0.05) is 24.7 Å². The van der Waals surface area contributed by atoms with Crippen molar-refractivity contribution in [3.05, 3.63) is 67.0 Å². The number of esters is 1. The van der Waals surface area contributed by atoms with Gasteiger partial charge < -0.3 is 14.6 Å². The van der Waals surface area contributed by atoms with Crippen molar-refractivity contribution in [2.75, 3.05) is 11.9 Å². The highest BCUT2D eigenvalue weighted by Crippen LogP contribution is 2.24. The third kappa shape index (κ3) is 5.47. The summed E-state index contributed by atoms with van der Waals surface area (Å²) in [6.45, 7) is 2.83. The Morgan fingerprint density at radius 3 is 2.29 bits per heavy atom. The smallest absolute Gasteiger partial charge is 0.326 e. The Kier molecular flexibility index (Phi) is 7.11. The van der Waals surface area contributed by atoms with Crippen LogP contribution in [0.25, 0.3) is 10.2 Å². The molecule has 176 valence electrons. The zero-order valence-corrected chi connectivity index (χ0v) is 18.7. The van der Waals surface area contributed by atoms with Crippen LogP contribution in [0.4, 0.5) is 17.1 Å². The predicted octanol–water partition coefficient (Wildman–Crippen LogP) is 2.78. The van der Waals surface area contributed by atoms with Gasteiger partial charge in [-0.3, -0.25) is 34.6 Å². The van der Waals surface area contributed by atoms with Gasteiger partial charge in [-0.1, -0.05) is 11.3 Å². The van der Waals surface area contributed by atoms with E-state index >= 15 is 0 Å². The van der Waals surface area contributed by atoms with E-state index in [0.29, 0.717) is 15.9 Å². The van der Waals surface area contributed by atoms with Crippen LogP contribution in [0.3, 0.4) is 0 Å². The van der Waals surface area contributed by atoms with Crippen molar-refractivity contribution < 1.29 is 29.0 Å². The van der Waals surface area contributed by atoms with E-state index in [1.165, 1.54) is 11.5 Å². The molecule has 1 aromatic heterocycles. The molecule has 13 nitrogen and oxygen atoms in total. The quantitative estimate of drug-likeness (QED) is 0.300. The summed E-state index contributed by atoms with van der Waals surface area (Å²) in [6.07, 6.45) is 0. The van der Waals surface area contributed by atoms with Crippen LogP contribution in [-0.4, -0.2) is 38.8 Å². The Bertz CT molecular complexity index is 1380. The molecule has 14 heteroatoms. The lowest BCUT2D eigenvalue weighted by atomic mass is 10.1. The van der Waals surface area contributed by atoms with Crippen molar-refractivity contribution in [1.82, 2.24) is 4.57 Å². The van der Waals surface area contributed by atoms with Gasteiger partial charge in [0.25, 0.3) is 17.3 Å². The summed E-state index contributed by atoms with van der Waals surface area (Å²) in [5, 5.41) is 24.9. The highest BCUT2D eigenvalue weighted by Gasteiger charge is 2.20. The maximum Gasteiger partial charge on any atom is 0.326 e. The molecule has 0 atom stereocenters. The zero-order valence-electron chi connectivity index (χ0n) is 17.8. The number of ether oxygens (including phenoxy) is 1. The molecule has 1 N–H and O–H groups in total. The van der Waals surface area contributed by atoms with Crippen molar-refractivity contribution >= 4 is 56.4 Å². The summed E-state index contributed by atoms with van der Waals surface area (Å²) in [4.78, 5) is 60.9. The Morgan fingerprint density at radius 1 is 1.09 bits per heavy atom. The highest BCUT2D eigenvalue weighted by molar-refractivity contribution is 7.16. The Hall–Kier alpha value is -4.46. The topological polar surface area (TPSA) is 176 Å². The minimum Gasteiger partial charge on any atom is -0.465 e. The second kappa shape index (κ2) is 9.99. The molecule has 0 spiro atoms. The number of amides is 2. The van der Waals surface area contributed by atoms with Crippen LogP contribution in [0.15, 0.2) is 41.4 Å². The fourth-order valence-corrected chi connectivity index (χ4v) is 4.08. The summed E-state index contributed by atoms with van der Waals surface area (Å²) < 4.78 is 6.97. The molecule has 0 aliphatic heterocycles. The van der Waals surface area contributed by atoms with Crippen LogP contribution >= 0.6 is 11.3 Å². The first kappa shape index (κ1) is 24.2. The van der Waals surface area contributed by atoms with Crippen LogP contribution in [0.5, 0.6) is 0 Å². The number of hydrogen-bond donors (Lipinski definition) is 1.